The molecule has 15 atom stereocenters. The molecular weight excluding hydrogens is 704 g/mol. The van der Waals surface area contributed by atoms with Crippen LogP contribution in [0.1, 0.15) is 78.9 Å². The molecule has 2 spiro atoms. The van der Waals surface area contributed by atoms with Crippen molar-refractivity contribution in [2.24, 2.45) is 28.1 Å². The summed E-state index contributed by atoms with van der Waals surface area (Å²) in [5, 5.41) is 40.1. The lowest BCUT2D eigenvalue weighted by Crippen LogP contribution is -2.98. The number of aliphatic hydroxyl groups excluding tert-OH is 2. The number of aliphatic hydroxyl groups is 3. The smallest absolute Gasteiger partial charge is 0.306 e. The Bertz CT molecular complexity index is 1800. The molecular formula is C36H44O17. The van der Waals surface area contributed by atoms with Gasteiger partial charge in [0, 0.05) is 50.5 Å². The van der Waals surface area contributed by atoms with Crippen molar-refractivity contribution in [2.75, 3.05) is 13.7 Å². The lowest BCUT2D eigenvalue weighted by Gasteiger charge is -2.78. The molecule has 3 N–H and O–H groups in total. The van der Waals surface area contributed by atoms with E-state index in [2.05, 4.69) is 0 Å². The zero-order valence-corrected chi connectivity index (χ0v) is 30.4. The van der Waals surface area contributed by atoms with Gasteiger partial charge in [-0.1, -0.05) is 20.8 Å². The highest BCUT2D eigenvalue weighted by Crippen LogP contribution is 2.89. The summed E-state index contributed by atoms with van der Waals surface area (Å²) < 4.78 is 55.0. The second-order valence-electron chi connectivity index (χ2n) is 16.3. The molecule has 4 bridgehead atoms. The van der Waals surface area contributed by atoms with Gasteiger partial charge < -0.3 is 57.6 Å². The fraction of sp³-hybridized carbons (Fsp3) is 0.750. The molecule has 4 saturated carbocycles. The van der Waals surface area contributed by atoms with Gasteiger partial charge in [-0.3, -0.25) is 24.0 Å². The summed E-state index contributed by atoms with van der Waals surface area (Å²) in [6.45, 7) is 7.72. The van der Waals surface area contributed by atoms with E-state index in [0.717, 1.165) is 13.8 Å². The molecule has 1 aromatic heterocycles. The van der Waals surface area contributed by atoms with Gasteiger partial charge >= 0.3 is 29.8 Å². The number of hydrogen-bond donors (Lipinski definition) is 3. The number of cyclic esters (lactones) is 1. The largest absolute Gasteiger partial charge is 0.472 e. The van der Waals surface area contributed by atoms with Crippen molar-refractivity contribution in [1.82, 2.24) is 0 Å². The number of fused-ring (bicyclic) bond motifs is 3. The molecule has 290 valence electrons. The number of rotatable bonds is 8. The number of ether oxygens (including phenoxy) is 8. The highest BCUT2D eigenvalue weighted by atomic mass is 16.9. The van der Waals surface area contributed by atoms with Gasteiger partial charge in [-0.05, 0) is 18.4 Å². The highest BCUT2D eigenvalue weighted by Gasteiger charge is 3.06. The van der Waals surface area contributed by atoms with E-state index in [1.165, 1.54) is 32.6 Å². The Morgan fingerprint density at radius 3 is 2.30 bits per heavy atom. The Labute approximate surface area is 303 Å². The Kier molecular flexibility index (Phi) is 7.40. The maximum Gasteiger partial charge on any atom is 0.306 e. The van der Waals surface area contributed by atoms with Crippen LogP contribution in [0.25, 0.3) is 0 Å². The second kappa shape index (κ2) is 10.8. The van der Waals surface area contributed by atoms with E-state index in [9.17, 15) is 39.3 Å². The lowest BCUT2D eigenvalue weighted by atomic mass is 9.32. The van der Waals surface area contributed by atoms with Gasteiger partial charge in [0.15, 0.2) is 5.60 Å². The summed E-state index contributed by atoms with van der Waals surface area (Å²) in [5.41, 5.74) is -14.5. The predicted octanol–water partition coefficient (Wildman–Crippen LogP) is 0.743. The van der Waals surface area contributed by atoms with E-state index < -0.39 is 136 Å². The topological polar surface area (TPSA) is 233 Å². The average molecular weight is 749 g/mol. The van der Waals surface area contributed by atoms with Crippen molar-refractivity contribution in [3.63, 3.8) is 0 Å². The van der Waals surface area contributed by atoms with Crippen LogP contribution in [-0.4, -0.2) is 112 Å². The summed E-state index contributed by atoms with van der Waals surface area (Å²) >= 11 is 0. The third kappa shape index (κ3) is 3.72. The summed E-state index contributed by atoms with van der Waals surface area (Å²) in [4.78, 5) is 66.5. The first-order chi connectivity index (χ1) is 24.8. The molecule has 4 heterocycles. The van der Waals surface area contributed by atoms with Gasteiger partial charge in [-0.15, -0.1) is 0 Å². The lowest BCUT2D eigenvalue weighted by molar-refractivity contribution is -0.497. The number of carbonyl (C=O) groups is 5. The molecule has 0 amide bonds. The molecule has 3 saturated heterocycles. The van der Waals surface area contributed by atoms with Gasteiger partial charge in [0.2, 0.25) is 0 Å². The first-order valence-corrected chi connectivity index (χ1v) is 17.7. The molecule has 1 aromatic rings. The zero-order chi connectivity index (χ0) is 38.5. The monoisotopic (exact) mass is 748 g/mol. The van der Waals surface area contributed by atoms with Crippen LogP contribution >= 0.6 is 0 Å². The molecule has 17 heteroatoms. The van der Waals surface area contributed by atoms with Crippen LogP contribution in [0.2, 0.25) is 0 Å². The minimum atomic E-state index is -2.63. The van der Waals surface area contributed by atoms with E-state index in [-0.39, 0.29) is 12.8 Å². The van der Waals surface area contributed by atoms with Crippen molar-refractivity contribution < 1.29 is 81.6 Å². The minimum absolute atomic E-state index is 0.101. The minimum Gasteiger partial charge on any atom is -0.472 e. The fourth-order valence-electron chi connectivity index (χ4n) is 12.8. The van der Waals surface area contributed by atoms with Crippen LogP contribution in [0.4, 0.5) is 0 Å². The van der Waals surface area contributed by atoms with Crippen LogP contribution in [0, 0.1) is 28.1 Å². The number of esters is 5. The van der Waals surface area contributed by atoms with Crippen molar-refractivity contribution in [1.29, 1.82) is 0 Å². The van der Waals surface area contributed by atoms with Crippen molar-refractivity contribution in [2.45, 2.75) is 126 Å². The normalized spacial score (nSPS) is 50.8. The van der Waals surface area contributed by atoms with E-state index >= 15 is 0 Å². The van der Waals surface area contributed by atoms with Crippen LogP contribution in [0.5, 0.6) is 0 Å². The molecule has 4 aliphatic carbocycles. The van der Waals surface area contributed by atoms with E-state index in [1.807, 2.05) is 0 Å². The molecule has 17 nitrogen and oxygen atoms in total. The molecule has 53 heavy (non-hydrogen) atoms. The molecule has 3 aliphatic heterocycles. The van der Waals surface area contributed by atoms with E-state index in [0.29, 0.717) is 5.56 Å². The van der Waals surface area contributed by atoms with Gasteiger partial charge in [0.05, 0.1) is 36.9 Å². The average Bonchev–Trinajstić information content (AvgIpc) is 3.79. The number of methoxy groups -OCH3 is 1. The van der Waals surface area contributed by atoms with Gasteiger partial charge in [-0.25, -0.2) is 0 Å². The standard InChI is InChI=1S/C36H44O17/c1-8-21(39)47-15-32-19(11-22(40)45-7)29(4)14-33(32)34(44,28(29)49-17(3)38)27(43)35-20-12-23(41)50-25(18-9-10-46-13-18)30(20,5)26(48-16(2)37)24(42)36(32,35)53-31(6,51-33)52-35/h9-10,13,19-20,24-28,42-44H,8,11-12,14-15H2,1-7H3. The van der Waals surface area contributed by atoms with Crippen LogP contribution in [0.3, 0.4) is 0 Å². The highest BCUT2D eigenvalue weighted by molar-refractivity contribution is 5.74. The van der Waals surface area contributed by atoms with Crippen molar-refractivity contribution in [3.8, 4) is 0 Å². The fourth-order valence-corrected chi connectivity index (χ4v) is 12.8. The van der Waals surface area contributed by atoms with Crippen molar-refractivity contribution in [3.05, 3.63) is 24.2 Å². The molecule has 7 aliphatic rings. The Balaban J connectivity index is 1.52. The summed E-state index contributed by atoms with van der Waals surface area (Å²) in [6.07, 6.45) is -7.42. The summed E-state index contributed by atoms with van der Waals surface area (Å²) in [7, 11) is 1.17. The first kappa shape index (κ1) is 36.4. The van der Waals surface area contributed by atoms with Crippen LogP contribution in [0.15, 0.2) is 23.0 Å². The Morgan fingerprint density at radius 1 is 1.00 bits per heavy atom. The first-order valence-electron chi connectivity index (χ1n) is 17.7. The maximum atomic E-state index is 13.9. The van der Waals surface area contributed by atoms with Gasteiger partial charge in [0.25, 0.3) is 5.97 Å². The van der Waals surface area contributed by atoms with Crippen LogP contribution in [-0.2, 0) is 61.9 Å². The number of hydrogen-bond acceptors (Lipinski definition) is 17. The summed E-state index contributed by atoms with van der Waals surface area (Å²) in [6, 6.07) is 1.53. The number of carbonyl (C=O) groups excluding carboxylic acids is 5. The van der Waals surface area contributed by atoms with Crippen molar-refractivity contribution >= 4 is 29.8 Å². The van der Waals surface area contributed by atoms with Crippen LogP contribution < -0.4 is 0 Å². The maximum absolute atomic E-state index is 13.9. The Hall–Kier alpha value is -3.61. The van der Waals surface area contributed by atoms with Gasteiger partial charge in [0.1, 0.15) is 53.9 Å². The molecule has 8 rings (SSSR count). The van der Waals surface area contributed by atoms with E-state index in [4.69, 9.17) is 42.3 Å². The second-order valence-corrected chi connectivity index (χ2v) is 16.3. The molecule has 0 aromatic carbocycles. The SMILES string of the molecule is CCC(=O)OCC12C(CC(=O)OC)C3(C)CC14OC1(C)OC5(C6CC(=O)OC(c7ccoc7)C6(C)C(OC(C)=O)C(O)C52O1)C(O)C4(O)C3OC(C)=O. The third-order valence-corrected chi connectivity index (χ3v) is 14.1. The Morgan fingerprint density at radius 2 is 1.70 bits per heavy atom. The molecule has 15 unspecified atom stereocenters. The quantitative estimate of drug-likeness (QED) is 0.246. The predicted molar refractivity (Wildman–Crippen MR) is 168 cm³/mol. The molecule has 7 fully saturated rings. The van der Waals surface area contributed by atoms with Gasteiger partial charge in [-0.2, -0.15) is 0 Å². The number of furan rings is 1. The molecule has 0 radical (unpaired) electrons. The summed E-state index contributed by atoms with van der Waals surface area (Å²) in [5.74, 6) is -8.67. The third-order valence-electron chi connectivity index (χ3n) is 14.1. The van der Waals surface area contributed by atoms with E-state index in [1.54, 1.807) is 20.8 Å². The zero-order valence-electron chi connectivity index (χ0n) is 30.4.